The molecule has 5 nitrogen and oxygen atoms in total. The molecule has 2 rings (SSSR count). The highest BCUT2D eigenvalue weighted by Gasteiger charge is 2.37. The Morgan fingerprint density at radius 1 is 1.33 bits per heavy atom. The van der Waals surface area contributed by atoms with Crippen molar-refractivity contribution in [1.29, 1.82) is 0 Å². The third kappa shape index (κ3) is 3.70. The fourth-order valence-electron chi connectivity index (χ4n) is 2.42. The number of carbonyl (C=O) groups is 2. The van der Waals surface area contributed by atoms with E-state index in [1.807, 2.05) is 24.3 Å². The van der Waals surface area contributed by atoms with Crippen LogP contribution in [0.25, 0.3) is 6.08 Å². The minimum atomic E-state index is -1.08. The molecule has 0 aromatic heterocycles. The Morgan fingerprint density at radius 3 is 2.57 bits per heavy atom. The largest absolute Gasteiger partial charge is 0.480 e. The van der Waals surface area contributed by atoms with Crippen LogP contribution in [0.3, 0.4) is 0 Å². The van der Waals surface area contributed by atoms with Gasteiger partial charge in [0.25, 0.3) is 0 Å². The van der Waals surface area contributed by atoms with Crippen molar-refractivity contribution in [1.82, 2.24) is 4.90 Å². The Labute approximate surface area is 123 Å². The zero-order valence-electron chi connectivity index (χ0n) is 11.9. The molecule has 0 aliphatic carbocycles. The highest BCUT2D eigenvalue weighted by molar-refractivity contribution is 5.94. The number of aliphatic hydroxyl groups is 1. The molecule has 2 atom stereocenters. The second-order valence-electron chi connectivity index (χ2n) is 5.16. The van der Waals surface area contributed by atoms with Crippen LogP contribution in [0.4, 0.5) is 0 Å². The highest BCUT2D eigenvalue weighted by Crippen LogP contribution is 2.19. The van der Waals surface area contributed by atoms with Gasteiger partial charge in [0.2, 0.25) is 5.91 Å². The molecule has 1 saturated heterocycles. The summed E-state index contributed by atoms with van der Waals surface area (Å²) in [6.07, 6.45) is 3.28. The van der Waals surface area contributed by atoms with Crippen LogP contribution in [0.15, 0.2) is 30.3 Å². The van der Waals surface area contributed by atoms with Crippen LogP contribution < -0.4 is 0 Å². The lowest BCUT2D eigenvalue weighted by atomic mass is 10.1. The SMILES string of the molecule is CCc1ccc(/C=C/C(=O)N2CC(O)CC2C(=O)O)cc1. The predicted octanol–water partition coefficient (Wildman–Crippen LogP) is 1.31. The van der Waals surface area contributed by atoms with Crippen LogP contribution in [0.2, 0.25) is 0 Å². The lowest BCUT2D eigenvalue weighted by Gasteiger charge is -2.19. The van der Waals surface area contributed by atoms with Gasteiger partial charge in [0.05, 0.1) is 6.10 Å². The molecule has 0 spiro atoms. The monoisotopic (exact) mass is 289 g/mol. The molecule has 5 heteroatoms. The number of hydrogen-bond donors (Lipinski definition) is 2. The van der Waals surface area contributed by atoms with E-state index in [0.29, 0.717) is 0 Å². The van der Waals surface area contributed by atoms with Gasteiger partial charge in [-0.3, -0.25) is 4.79 Å². The number of carboxylic acid groups (broad SMARTS) is 1. The van der Waals surface area contributed by atoms with Crippen molar-refractivity contribution in [2.24, 2.45) is 0 Å². The van der Waals surface area contributed by atoms with E-state index < -0.39 is 24.0 Å². The molecular weight excluding hydrogens is 270 g/mol. The highest BCUT2D eigenvalue weighted by atomic mass is 16.4. The van der Waals surface area contributed by atoms with Crippen molar-refractivity contribution in [3.63, 3.8) is 0 Å². The number of hydrogen-bond acceptors (Lipinski definition) is 3. The third-order valence-corrected chi connectivity index (χ3v) is 3.65. The first kappa shape index (κ1) is 15.3. The van der Waals surface area contributed by atoms with Crippen LogP contribution in [0.5, 0.6) is 0 Å². The van der Waals surface area contributed by atoms with Gasteiger partial charge in [-0.25, -0.2) is 4.79 Å². The Hall–Kier alpha value is -2.14. The Morgan fingerprint density at radius 2 is 2.00 bits per heavy atom. The molecule has 2 N–H and O–H groups in total. The summed E-state index contributed by atoms with van der Waals surface area (Å²) in [6.45, 7) is 2.13. The number of amides is 1. The van der Waals surface area contributed by atoms with E-state index in [9.17, 15) is 14.7 Å². The number of aryl methyl sites for hydroxylation is 1. The first-order valence-corrected chi connectivity index (χ1v) is 6.99. The molecule has 1 aliphatic heterocycles. The van der Waals surface area contributed by atoms with Gasteiger partial charge in [0.1, 0.15) is 6.04 Å². The van der Waals surface area contributed by atoms with Crippen molar-refractivity contribution in [3.05, 3.63) is 41.5 Å². The van der Waals surface area contributed by atoms with Crippen molar-refractivity contribution in [2.75, 3.05) is 6.54 Å². The molecule has 21 heavy (non-hydrogen) atoms. The molecule has 0 saturated carbocycles. The lowest BCUT2D eigenvalue weighted by molar-refractivity contribution is -0.146. The van der Waals surface area contributed by atoms with Gasteiger partial charge in [0.15, 0.2) is 0 Å². The number of likely N-dealkylation sites (tertiary alicyclic amines) is 1. The molecule has 1 heterocycles. The smallest absolute Gasteiger partial charge is 0.326 e. The van der Waals surface area contributed by atoms with Gasteiger partial charge in [-0.1, -0.05) is 31.2 Å². The molecule has 1 amide bonds. The lowest BCUT2D eigenvalue weighted by Crippen LogP contribution is -2.39. The van der Waals surface area contributed by atoms with Crippen LogP contribution in [-0.2, 0) is 16.0 Å². The Balaban J connectivity index is 2.05. The Kier molecular flexibility index (Phi) is 4.75. The summed E-state index contributed by atoms with van der Waals surface area (Å²) in [5.41, 5.74) is 2.10. The zero-order valence-corrected chi connectivity index (χ0v) is 11.9. The van der Waals surface area contributed by atoms with Gasteiger partial charge in [0, 0.05) is 19.0 Å². The topological polar surface area (TPSA) is 77.8 Å². The normalized spacial score (nSPS) is 21.9. The van der Waals surface area contributed by atoms with E-state index in [4.69, 9.17) is 5.11 Å². The van der Waals surface area contributed by atoms with Crippen molar-refractivity contribution >= 4 is 18.0 Å². The second kappa shape index (κ2) is 6.54. The molecule has 1 aromatic rings. The maximum absolute atomic E-state index is 12.1. The van der Waals surface area contributed by atoms with E-state index in [1.54, 1.807) is 6.08 Å². The molecule has 0 radical (unpaired) electrons. The summed E-state index contributed by atoms with van der Waals surface area (Å²) in [7, 11) is 0. The number of nitrogens with zero attached hydrogens (tertiary/aromatic N) is 1. The van der Waals surface area contributed by atoms with Gasteiger partial charge in [-0.05, 0) is 23.6 Å². The van der Waals surface area contributed by atoms with E-state index >= 15 is 0 Å². The first-order valence-electron chi connectivity index (χ1n) is 6.99. The zero-order chi connectivity index (χ0) is 15.4. The van der Waals surface area contributed by atoms with Crippen LogP contribution in [-0.4, -0.2) is 45.7 Å². The van der Waals surface area contributed by atoms with E-state index in [1.165, 1.54) is 16.5 Å². The van der Waals surface area contributed by atoms with Gasteiger partial charge in [-0.15, -0.1) is 0 Å². The number of aliphatic carboxylic acids is 1. The minimum Gasteiger partial charge on any atom is -0.480 e. The first-order chi connectivity index (χ1) is 10.0. The summed E-state index contributed by atoms with van der Waals surface area (Å²) in [4.78, 5) is 24.3. The number of carbonyl (C=O) groups excluding carboxylic acids is 1. The summed E-state index contributed by atoms with van der Waals surface area (Å²) >= 11 is 0. The molecule has 1 fully saturated rings. The van der Waals surface area contributed by atoms with E-state index in [0.717, 1.165) is 12.0 Å². The van der Waals surface area contributed by atoms with Gasteiger partial charge >= 0.3 is 5.97 Å². The number of β-amino-alcohol motifs (C(OH)–C–C–N with tert-alkyl or cyclic N) is 1. The summed E-state index contributed by atoms with van der Waals surface area (Å²) in [6, 6.07) is 6.86. The van der Waals surface area contributed by atoms with E-state index in [-0.39, 0.29) is 13.0 Å². The number of rotatable bonds is 4. The van der Waals surface area contributed by atoms with Gasteiger partial charge in [-0.2, -0.15) is 0 Å². The van der Waals surface area contributed by atoms with Crippen LogP contribution >= 0.6 is 0 Å². The molecule has 112 valence electrons. The van der Waals surface area contributed by atoms with Gasteiger partial charge < -0.3 is 15.1 Å². The molecule has 2 unspecified atom stereocenters. The fraction of sp³-hybridized carbons (Fsp3) is 0.375. The maximum atomic E-state index is 12.1. The fourth-order valence-corrected chi connectivity index (χ4v) is 2.42. The standard InChI is InChI=1S/C16H19NO4/c1-2-11-3-5-12(6-4-11)7-8-15(19)17-10-13(18)9-14(17)16(20)21/h3-8,13-14,18H,2,9-10H2,1H3,(H,20,21)/b8-7+. The van der Waals surface area contributed by atoms with Crippen molar-refractivity contribution < 1.29 is 19.8 Å². The average molecular weight is 289 g/mol. The number of benzene rings is 1. The second-order valence-corrected chi connectivity index (χ2v) is 5.16. The molecule has 0 bridgehead atoms. The summed E-state index contributed by atoms with van der Waals surface area (Å²) in [5, 5.41) is 18.6. The van der Waals surface area contributed by atoms with Crippen LogP contribution in [0, 0.1) is 0 Å². The maximum Gasteiger partial charge on any atom is 0.326 e. The molecular formula is C16H19NO4. The van der Waals surface area contributed by atoms with E-state index in [2.05, 4.69) is 6.92 Å². The number of aliphatic hydroxyl groups excluding tert-OH is 1. The van der Waals surface area contributed by atoms with Crippen molar-refractivity contribution in [2.45, 2.75) is 31.9 Å². The van der Waals surface area contributed by atoms with Crippen molar-refractivity contribution in [3.8, 4) is 0 Å². The summed E-state index contributed by atoms with van der Waals surface area (Å²) in [5.74, 6) is -1.47. The average Bonchev–Trinajstić information content (AvgIpc) is 2.87. The predicted molar refractivity (Wildman–Crippen MR) is 78.6 cm³/mol. The Bertz CT molecular complexity index is 550. The molecule has 1 aromatic carbocycles. The van der Waals surface area contributed by atoms with Crippen LogP contribution in [0.1, 0.15) is 24.5 Å². The quantitative estimate of drug-likeness (QED) is 0.819. The summed E-state index contributed by atoms with van der Waals surface area (Å²) < 4.78 is 0. The number of carboxylic acids is 1. The minimum absolute atomic E-state index is 0.0644. The third-order valence-electron chi connectivity index (χ3n) is 3.65. The molecule has 1 aliphatic rings.